The van der Waals surface area contributed by atoms with E-state index < -0.39 is 29.0 Å². The van der Waals surface area contributed by atoms with Crippen LogP contribution in [0.2, 0.25) is 0 Å². The van der Waals surface area contributed by atoms with Crippen LogP contribution in [0.5, 0.6) is 11.5 Å². The second kappa shape index (κ2) is 10.1. The second-order valence-corrected chi connectivity index (χ2v) is 8.88. The largest absolute Gasteiger partial charge is 0.487 e. The van der Waals surface area contributed by atoms with Gasteiger partial charge in [0.25, 0.3) is 23.6 Å². The van der Waals surface area contributed by atoms with Crippen molar-refractivity contribution >= 4 is 35.0 Å². The third-order valence-corrected chi connectivity index (χ3v) is 6.18. The monoisotopic (exact) mass is 498 g/mol. The number of hydrogen-bond donors (Lipinski definition) is 0. The first kappa shape index (κ1) is 25.4. The topological polar surface area (TPSA) is 93.2 Å². The number of hydrogen-bond acceptors (Lipinski definition) is 6. The Morgan fingerprint density at radius 1 is 0.676 bits per heavy atom. The molecule has 0 fully saturated rings. The predicted molar refractivity (Wildman–Crippen MR) is 140 cm³/mol. The van der Waals surface area contributed by atoms with Gasteiger partial charge < -0.3 is 9.47 Å². The Morgan fingerprint density at radius 3 is 1.35 bits per heavy atom. The molecule has 0 saturated heterocycles. The van der Waals surface area contributed by atoms with Gasteiger partial charge >= 0.3 is 0 Å². The average molecular weight is 499 g/mol. The van der Waals surface area contributed by atoms with Crippen LogP contribution >= 0.6 is 0 Å². The molecule has 0 unspecified atom stereocenters. The van der Waals surface area contributed by atoms with E-state index in [1.165, 1.54) is 24.3 Å². The zero-order valence-electron chi connectivity index (χ0n) is 20.6. The summed E-state index contributed by atoms with van der Waals surface area (Å²) in [5.41, 5.74) is 1.74. The van der Waals surface area contributed by atoms with Crippen LogP contribution in [0.1, 0.15) is 25.0 Å². The Hall–Kier alpha value is -4.72. The highest BCUT2D eigenvalue weighted by molar-refractivity contribution is 6.29. The van der Waals surface area contributed by atoms with E-state index in [1.807, 2.05) is 26.0 Å². The Labute approximate surface area is 214 Å². The molecule has 2 aliphatic heterocycles. The molecule has 2 aromatic carbocycles. The van der Waals surface area contributed by atoms with Crippen LogP contribution in [0.15, 0.2) is 86.0 Å². The first-order valence-corrected chi connectivity index (χ1v) is 11.6. The van der Waals surface area contributed by atoms with E-state index in [1.54, 1.807) is 36.4 Å². The maximum Gasteiger partial charge on any atom is 0.258 e. The fourth-order valence-corrected chi connectivity index (χ4v) is 4.15. The smallest absolute Gasteiger partial charge is 0.258 e. The summed E-state index contributed by atoms with van der Waals surface area (Å²) in [4.78, 5) is 51.3. The van der Waals surface area contributed by atoms with Crippen LogP contribution in [0, 0.1) is 0 Å². The molecule has 188 valence electrons. The molecule has 0 aromatic heterocycles. The zero-order valence-corrected chi connectivity index (χ0v) is 20.6. The van der Waals surface area contributed by atoms with Gasteiger partial charge in [-0.15, -0.1) is 0 Å². The lowest BCUT2D eigenvalue weighted by molar-refractivity contribution is -0.121. The molecule has 2 heterocycles. The molecule has 0 saturated carbocycles. The number of rotatable bonds is 10. The van der Waals surface area contributed by atoms with Crippen molar-refractivity contribution in [3.8, 4) is 11.5 Å². The van der Waals surface area contributed by atoms with E-state index >= 15 is 0 Å². The first-order chi connectivity index (χ1) is 17.7. The summed E-state index contributed by atoms with van der Waals surface area (Å²) < 4.78 is 11.7. The highest BCUT2D eigenvalue weighted by atomic mass is 16.5. The fourth-order valence-electron chi connectivity index (χ4n) is 4.15. The van der Waals surface area contributed by atoms with E-state index in [0.717, 1.165) is 20.9 Å². The Bertz CT molecular complexity index is 1250. The molecule has 4 amide bonds. The van der Waals surface area contributed by atoms with Gasteiger partial charge in [-0.25, -0.2) is 9.80 Å². The number of ether oxygens (including phenoxy) is 2. The van der Waals surface area contributed by atoms with Crippen molar-refractivity contribution in [1.29, 1.82) is 0 Å². The third kappa shape index (κ3) is 4.73. The molecule has 0 spiro atoms. The molecule has 0 bridgehead atoms. The summed E-state index contributed by atoms with van der Waals surface area (Å²) in [7, 11) is 0. The van der Waals surface area contributed by atoms with Crippen LogP contribution in [0.4, 0.5) is 11.4 Å². The average Bonchev–Trinajstić information content (AvgIpc) is 3.40. The molecule has 0 N–H and O–H groups in total. The van der Waals surface area contributed by atoms with Crippen LogP contribution in [-0.4, -0.2) is 36.8 Å². The summed E-state index contributed by atoms with van der Waals surface area (Å²) in [6.07, 6.45) is 8.02. The zero-order chi connectivity index (χ0) is 26.7. The highest BCUT2D eigenvalue weighted by Gasteiger charge is 2.32. The van der Waals surface area contributed by atoms with E-state index in [-0.39, 0.29) is 13.2 Å². The maximum atomic E-state index is 12.3. The Balaban J connectivity index is 1.76. The van der Waals surface area contributed by atoms with Gasteiger partial charge in [0, 0.05) is 29.7 Å². The van der Waals surface area contributed by atoms with Gasteiger partial charge in [0.15, 0.2) is 0 Å². The van der Waals surface area contributed by atoms with E-state index in [0.29, 0.717) is 22.9 Å². The van der Waals surface area contributed by atoms with Gasteiger partial charge in [0.2, 0.25) is 0 Å². The first-order valence-electron chi connectivity index (χ1n) is 11.6. The lowest BCUT2D eigenvalue weighted by Crippen LogP contribution is -2.30. The number of nitrogens with zero attached hydrogens (tertiary/aromatic N) is 2. The Morgan fingerprint density at radius 2 is 1.03 bits per heavy atom. The molecular formula is C29H26N2O6. The van der Waals surface area contributed by atoms with Crippen molar-refractivity contribution in [2.45, 2.75) is 19.3 Å². The minimum absolute atomic E-state index is 0.181. The van der Waals surface area contributed by atoms with Crippen molar-refractivity contribution in [3.05, 3.63) is 97.1 Å². The summed E-state index contributed by atoms with van der Waals surface area (Å²) in [6.45, 7) is 11.7. The summed E-state index contributed by atoms with van der Waals surface area (Å²) in [5, 5.41) is 0. The molecule has 0 atom stereocenters. The number of amides is 4. The molecule has 8 heteroatoms. The minimum Gasteiger partial charge on any atom is -0.487 e. The van der Waals surface area contributed by atoms with Crippen molar-refractivity contribution < 1.29 is 28.7 Å². The molecule has 8 nitrogen and oxygen atoms in total. The molecular weight excluding hydrogens is 472 g/mol. The number of carbonyl (C=O) groups is 4. The van der Waals surface area contributed by atoms with Gasteiger partial charge in [-0.1, -0.05) is 51.3 Å². The van der Waals surface area contributed by atoms with Gasteiger partial charge in [-0.3, -0.25) is 19.2 Å². The van der Waals surface area contributed by atoms with Crippen LogP contribution < -0.4 is 19.3 Å². The molecule has 4 rings (SSSR count). The third-order valence-electron chi connectivity index (χ3n) is 6.18. The lowest BCUT2D eigenvalue weighted by Gasteiger charge is -2.29. The predicted octanol–water partition coefficient (Wildman–Crippen LogP) is 4.00. The molecule has 2 aromatic rings. The molecule has 0 aliphatic carbocycles. The van der Waals surface area contributed by atoms with Crippen LogP contribution in [-0.2, 0) is 24.6 Å². The second-order valence-electron chi connectivity index (χ2n) is 8.88. The summed E-state index contributed by atoms with van der Waals surface area (Å²) in [5.74, 6) is -1.06. The number of anilines is 2. The van der Waals surface area contributed by atoms with Crippen molar-refractivity contribution in [3.63, 3.8) is 0 Å². The maximum absolute atomic E-state index is 12.3. The number of benzene rings is 2. The van der Waals surface area contributed by atoms with E-state index in [9.17, 15) is 19.2 Å². The van der Waals surface area contributed by atoms with Crippen molar-refractivity contribution in [1.82, 2.24) is 0 Å². The van der Waals surface area contributed by atoms with E-state index in [2.05, 4.69) is 13.2 Å². The standard InChI is InChI=1S/C29H26N2O6/c1-5-15-36-23-17-19(7-9-21(23)30-25(32)11-12-26(30)33)29(3,4)20-8-10-22(24(18-20)37-16-6-2)31-27(34)13-14-28(31)35/h5-14,17-18H,1-2,15-16H2,3-4H3. The van der Waals surface area contributed by atoms with Crippen LogP contribution in [0.25, 0.3) is 0 Å². The van der Waals surface area contributed by atoms with Gasteiger partial charge in [-0.05, 0) is 35.4 Å². The Kier molecular flexibility index (Phi) is 6.93. The summed E-state index contributed by atoms with van der Waals surface area (Å²) >= 11 is 0. The minimum atomic E-state index is -0.607. The van der Waals surface area contributed by atoms with Crippen molar-refractivity contribution in [2.75, 3.05) is 23.0 Å². The van der Waals surface area contributed by atoms with Gasteiger partial charge in [0.05, 0.1) is 11.4 Å². The molecule has 0 radical (unpaired) electrons. The van der Waals surface area contributed by atoms with Gasteiger partial charge in [-0.2, -0.15) is 0 Å². The molecule has 2 aliphatic rings. The van der Waals surface area contributed by atoms with Crippen molar-refractivity contribution in [2.24, 2.45) is 0 Å². The van der Waals surface area contributed by atoms with Gasteiger partial charge in [0.1, 0.15) is 24.7 Å². The van der Waals surface area contributed by atoms with E-state index in [4.69, 9.17) is 9.47 Å². The quantitative estimate of drug-likeness (QED) is 0.363. The SMILES string of the molecule is C=CCOc1cc(C(C)(C)c2ccc(N3C(=O)C=CC3=O)c(OCC=C)c2)ccc1N1C(=O)C=CC1=O. The number of carbonyl (C=O) groups excluding carboxylic acids is 4. The summed E-state index contributed by atoms with van der Waals surface area (Å²) in [6, 6.07) is 10.6. The number of imide groups is 2. The highest BCUT2D eigenvalue weighted by Crippen LogP contribution is 2.41. The van der Waals surface area contributed by atoms with Crippen LogP contribution in [0.3, 0.4) is 0 Å². The molecule has 37 heavy (non-hydrogen) atoms. The fraction of sp³-hybridized carbons (Fsp3) is 0.172. The lowest BCUT2D eigenvalue weighted by atomic mass is 9.77. The normalized spacial score (nSPS) is 15.1.